The quantitative estimate of drug-likeness (QED) is 0.803. The number of sulfonamides is 1. The number of rotatable bonds is 7. The van der Waals surface area contributed by atoms with Crippen molar-refractivity contribution in [1.82, 2.24) is 4.72 Å². The van der Waals surface area contributed by atoms with E-state index in [2.05, 4.69) is 4.72 Å². The van der Waals surface area contributed by atoms with Gasteiger partial charge >= 0.3 is 0 Å². The third-order valence-corrected chi connectivity index (χ3v) is 5.69. The maximum atomic E-state index is 12.4. The molecule has 3 rings (SSSR count). The van der Waals surface area contributed by atoms with Gasteiger partial charge in [-0.3, -0.25) is 0 Å². The molecule has 2 aliphatic rings. The summed E-state index contributed by atoms with van der Waals surface area (Å²) in [5.74, 6) is 1.13. The minimum absolute atomic E-state index is 0.156. The molecular formula is C15H22N2O2S. The second kappa shape index (κ2) is 5.47. The first-order valence-electron chi connectivity index (χ1n) is 7.41. The van der Waals surface area contributed by atoms with Crippen LogP contribution in [0.5, 0.6) is 0 Å². The Morgan fingerprint density at radius 2 is 1.65 bits per heavy atom. The number of hydrogen-bond donors (Lipinski definition) is 2. The molecule has 4 nitrogen and oxygen atoms in total. The summed E-state index contributed by atoms with van der Waals surface area (Å²) in [4.78, 5) is 0.365. The summed E-state index contributed by atoms with van der Waals surface area (Å²) in [5, 5.41) is 0. The molecule has 0 saturated heterocycles. The van der Waals surface area contributed by atoms with E-state index < -0.39 is 10.0 Å². The maximum Gasteiger partial charge on any atom is 0.240 e. The molecule has 1 aromatic carbocycles. The van der Waals surface area contributed by atoms with E-state index in [1.165, 1.54) is 25.7 Å². The second-order valence-corrected chi connectivity index (χ2v) is 7.72. The van der Waals surface area contributed by atoms with Crippen LogP contribution in [0.1, 0.15) is 31.2 Å². The van der Waals surface area contributed by atoms with E-state index >= 15 is 0 Å². The van der Waals surface area contributed by atoms with Gasteiger partial charge in [-0.25, -0.2) is 13.1 Å². The van der Waals surface area contributed by atoms with Crippen molar-refractivity contribution in [3.8, 4) is 0 Å². The summed E-state index contributed by atoms with van der Waals surface area (Å²) in [5.41, 5.74) is 6.58. The molecule has 0 aliphatic heterocycles. The van der Waals surface area contributed by atoms with E-state index in [-0.39, 0.29) is 6.04 Å². The summed E-state index contributed by atoms with van der Waals surface area (Å²) >= 11 is 0. The fraction of sp³-hybridized carbons (Fsp3) is 0.600. The molecule has 3 N–H and O–H groups in total. The number of nitrogens with one attached hydrogen (secondary N) is 1. The van der Waals surface area contributed by atoms with Gasteiger partial charge in [0, 0.05) is 6.04 Å². The first kappa shape index (κ1) is 14.0. The standard InChI is InChI=1S/C15H22N2O2S/c16-10-9-11-1-7-14(8-2-11)20(18,19)17-15(12-3-4-12)13-5-6-13/h1-2,7-8,12-13,15,17H,3-6,9-10,16H2. The van der Waals surface area contributed by atoms with Crippen molar-refractivity contribution in [2.45, 2.75) is 43.0 Å². The van der Waals surface area contributed by atoms with Gasteiger partial charge in [-0.15, -0.1) is 0 Å². The molecule has 2 saturated carbocycles. The van der Waals surface area contributed by atoms with Gasteiger partial charge < -0.3 is 5.73 Å². The Bertz CT molecular complexity index is 548. The van der Waals surface area contributed by atoms with Crippen molar-refractivity contribution < 1.29 is 8.42 Å². The van der Waals surface area contributed by atoms with E-state index in [0.717, 1.165) is 12.0 Å². The van der Waals surface area contributed by atoms with E-state index in [0.29, 0.717) is 23.3 Å². The Balaban J connectivity index is 1.73. The summed E-state index contributed by atoms with van der Waals surface area (Å²) in [7, 11) is -3.38. The smallest absolute Gasteiger partial charge is 0.240 e. The van der Waals surface area contributed by atoms with Crippen LogP contribution in [0.15, 0.2) is 29.2 Å². The third kappa shape index (κ3) is 3.22. The van der Waals surface area contributed by atoms with E-state index in [1.807, 2.05) is 12.1 Å². The molecule has 0 bridgehead atoms. The molecule has 0 aromatic heterocycles. The van der Waals surface area contributed by atoms with Gasteiger partial charge in [0.25, 0.3) is 0 Å². The van der Waals surface area contributed by atoms with Crippen LogP contribution < -0.4 is 10.5 Å². The molecule has 0 unspecified atom stereocenters. The highest BCUT2D eigenvalue weighted by Gasteiger charge is 2.43. The predicted octanol–water partition coefficient (Wildman–Crippen LogP) is 1.65. The van der Waals surface area contributed by atoms with Gasteiger partial charge in [0.15, 0.2) is 0 Å². The average Bonchev–Trinajstić information content (AvgIpc) is 3.29. The van der Waals surface area contributed by atoms with Crippen molar-refractivity contribution in [1.29, 1.82) is 0 Å². The zero-order valence-corrected chi connectivity index (χ0v) is 12.4. The zero-order valence-electron chi connectivity index (χ0n) is 11.6. The minimum atomic E-state index is -3.38. The van der Waals surface area contributed by atoms with E-state index in [1.54, 1.807) is 12.1 Å². The van der Waals surface area contributed by atoms with Gasteiger partial charge in [0.2, 0.25) is 10.0 Å². The molecule has 5 heteroatoms. The Kier molecular flexibility index (Phi) is 3.84. The molecule has 0 amide bonds. The van der Waals surface area contributed by atoms with Gasteiger partial charge in [-0.1, -0.05) is 12.1 Å². The molecular weight excluding hydrogens is 272 g/mol. The molecule has 1 aromatic rings. The first-order chi connectivity index (χ1) is 9.60. The average molecular weight is 294 g/mol. The van der Waals surface area contributed by atoms with Crippen LogP contribution in [0, 0.1) is 11.8 Å². The van der Waals surface area contributed by atoms with Crippen LogP contribution in [-0.2, 0) is 16.4 Å². The van der Waals surface area contributed by atoms with Crippen molar-refractivity contribution in [3.05, 3.63) is 29.8 Å². The van der Waals surface area contributed by atoms with Gasteiger partial charge in [0.1, 0.15) is 0 Å². The Morgan fingerprint density at radius 3 is 2.10 bits per heavy atom. The van der Waals surface area contributed by atoms with Gasteiger partial charge in [-0.2, -0.15) is 0 Å². The van der Waals surface area contributed by atoms with Crippen LogP contribution in [0.25, 0.3) is 0 Å². The molecule has 110 valence electrons. The van der Waals surface area contributed by atoms with Crippen molar-refractivity contribution in [2.24, 2.45) is 17.6 Å². The van der Waals surface area contributed by atoms with Crippen molar-refractivity contribution >= 4 is 10.0 Å². The zero-order chi connectivity index (χ0) is 14.2. The monoisotopic (exact) mass is 294 g/mol. The molecule has 0 radical (unpaired) electrons. The van der Waals surface area contributed by atoms with Crippen LogP contribution in [0.4, 0.5) is 0 Å². The number of hydrogen-bond acceptors (Lipinski definition) is 3. The SMILES string of the molecule is NCCc1ccc(S(=O)(=O)NC(C2CC2)C2CC2)cc1. The Morgan fingerprint density at radius 1 is 1.10 bits per heavy atom. The minimum Gasteiger partial charge on any atom is -0.330 e. The molecule has 2 fully saturated rings. The second-order valence-electron chi connectivity index (χ2n) is 6.00. The third-order valence-electron chi connectivity index (χ3n) is 4.22. The maximum absolute atomic E-state index is 12.4. The highest BCUT2D eigenvalue weighted by molar-refractivity contribution is 7.89. The van der Waals surface area contributed by atoms with Crippen LogP contribution in [-0.4, -0.2) is 21.0 Å². The topological polar surface area (TPSA) is 72.2 Å². The van der Waals surface area contributed by atoms with E-state index in [4.69, 9.17) is 5.73 Å². The lowest BCUT2D eigenvalue weighted by molar-refractivity contribution is 0.471. The molecule has 0 atom stereocenters. The fourth-order valence-corrected chi connectivity index (χ4v) is 4.11. The lowest BCUT2D eigenvalue weighted by Gasteiger charge is -2.17. The highest BCUT2D eigenvalue weighted by Crippen LogP contribution is 2.45. The predicted molar refractivity (Wildman–Crippen MR) is 78.8 cm³/mol. The first-order valence-corrected chi connectivity index (χ1v) is 8.90. The molecule has 0 heterocycles. The van der Waals surface area contributed by atoms with Crippen LogP contribution in [0.3, 0.4) is 0 Å². The van der Waals surface area contributed by atoms with Gasteiger partial charge in [-0.05, 0) is 68.2 Å². The largest absolute Gasteiger partial charge is 0.330 e. The normalized spacial score (nSPS) is 19.5. The number of nitrogens with two attached hydrogens (primary N) is 1. The van der Waals surface area contributed by atoms with Crippen molar-refractivity contribution in [2.75, 3.05) is 6.54 Å². The lowest BCUT2D eigenvalue weighted by atomic mass is 10.1. The molecule has 0 spiro atoms. The summed E-state index contributed by atoms with van der Waals surface area (Å²) in [6, 6.07) is 7.23. The summed E-state index contributed by atoms with van der Waals surface area (Å²) < 4.78 is 27.8. The fourth-order valence-electron chi connectivity index (χ4n) is 2.74. The molecule has 20 heavy (non-hydrogen) atoms. The van der Waals surface area contributed by atoms with Crippen LogP contribution >= 0.6 is 0 Å². The molecule has 2 aliphatic carbocycles. The lowest BCUT2D eigenvalue weighted by Crippen LogP contribution is -2.38. The number of benzene rings is 1. The van der Waals surface area contributed by atoms with E-state index in [9.17, 15) is 8.42 Å². The Labute approximate surface area is 120 Å². The van der Waals surface area contributed by atoms with Gasteiger partial charge in [0.05, 0.1) is 4.90 Å². The summed E-state index contributed by atoms with van der Waals surface area (Å²) in [6.07, 6.45) is 5.44. The Hall–Kier alpha value is -0.910. The van der Waals surface area contributed by atoms with Crippen molar-refractivity contribution in [3.63, 3.8) is 0 Å². The summed E-state index contributed by atoms with van der Waals surface area (Å²) in [6.45, 7) is 0.579. The van der Waals surface area contributed by atoms with Crippen LogP contribution in [0.2, 0.25) is 0 Å². The highest BCUT2D eigenvalue weighted by atomic mass is 32.2.